The molecule has 9 heteroatoms. The van der Waals surface area contributed by atoms with E-state index in [1.54, 1.807) is 18.4 Å². The quantitative estimate of drug-likeness (QED) is 0.267. The van der Waals surface area contributed by atoms with Gasteiger partial charge in [-0.3, -0.25) is 9.69 Å². The van der Waals surface area contributed by atoms with Crippen molar-refractivity contribution >= 4 is 22.2 Å². The molecule has 2 aromatic carbocycles. The number of methoxy groups -OCH3 is 1. The van der Waals surface area contributed by atoms with Crippen LogP contribution in [0.15, 0.2) is 76.9 Å². The number of benzene rings is 2. The topological polar surface area (TPSA) is 88.9 Å². The Labute approximate surface area is 219 Å². The smallest absolute Gasteiger partial charge is 0.252 e. The molecule has 0 saturated carbocycles. The first-order chi connectivity index (χ1) is 18.1. The van der Waals surface area contributed by atoms with E-state index in [1.165, 1.54) is 10.4 Å². The number of aromatic amines is 1. The summed E-state index contributed by atoms with van der Waals surface area (Å²) in [7, 11) is 1.64. The maximum Gasteiger partial charge on any atom is 0.252 e. The van der Waals surface area contributed by atoms with Gasteiger partial charge in [0.2, 0.25) is 0 Å². The minimum absolute atomic E-state index is 0.0618. The van der Waals surface area contributed by atoms with E-state index in [0.717, 1.165) is 35.3 Å². The van der Waals surface area contributed by atoms with E-state index in [-0.39, 0.29) is 11.6 Å². The van der Waals surface area contributed by atoms with Crippen LogP contribution in [0.1, 0.15) is 41.2 Å². The van der Waals surface area contributed by atoms with Gasteiger partial charge in [0.05, 0.1) is 13.2 Å². The molecule has 37 heavy (non-hydrogen) atoms. The number of hydrogen-bond acceptors (Lipinski definition) is 7. The molecule has 0 fully saturated rings. The van der Waals surface area contributed by atoms with Gasteiger partial charge < -0.3 is 9.72 Å². The molecule has 0 saturated heterocycles. The highest BCUT2D eigenvalue weighted by molar-refractivity contribution is 7.09. The lowest BCUT2D eigenvalue weighted by Crippen LogP contribution is -2.32. The lowest BCUT2D eigenvalue weighted by Gasteiger charge is -2.30. The van der Waals surface area contributed by atoms with E-state index < -0.39 is 0 Å². The van der Waals surface area contributed by atoms with Crippen molar-refractivity contribution in [1.29, 1.82) is 0 Å². The van der Waals surface area contributed by atoms with E-state index >= 15 is 0 Å². The number of nitrogens with one attached hydrogen (secondary N) is 1. The first-order valence-electron chi connectivity index (χ1n) is 12.4. The molecule has 1 atom stereocenters. The number of aromatic nitrogens is 5. The molecule has 8 nitrogen and oxygen atoms in total. The van der Waals surface area contributed by atoms with Gasteiger partial charge in [-0.25, -0.2) is 4.68 Å². The van der Waals surface area contributed by atoms with Crippen LogP contribution in [0, 0.1) is 0 Å². The predicted molar refractivity (Wildman–Crippen MR) is 146 cm³/mol. The second kappa shape index (κ2) is 11.5. The molecule has 0 bridgehead atoms. The third-order valence-corrected chi connectivity index (χ3v) is 7.44. The predicted octanol–water partition coefficient (Wildman–Crippen LogP) is 4.98. The van der Waals surface area contributed by atoms with Crippen molar-refractivity contribution in [2.45, 2.75) is 45.4 Å². The summed E-state index contributed by atoms with van der Waals surface area (Å²) >= 11 is 1.71. The minimum Gasteiger partial charge on any atom is -0.497 e. The summed E-state index contributed by atoms with van der Waals surface area (Å²) in [5.74, 6) is 1.57. The molecule has 3 heterocycles. The van der Waals surface area contributed by atoms with Crippen molar-refractivity contribution in [3.05, 3.63) is 104 Å². The first kappa shape index (κ1) is 24.9. The zero-order valence-corrected chi connectivity index (χ0v) is 21.8. The highest BCUT2D eigenvalue weighted by atomic mass is 32.1. The zero-order chi connectivity index (χ0) is 25.6. The second-order valence-corrected chi connectivity index (χ2v) is 10.0. The third kappa shape index (κ3) is 5.79. The number of tetrazole rings is 1. The lowest BCUT2D eigenvalue weighted by atomic mass is 10.1. The molecule has 0 radical (unpaired) electrons. The molecular weight excluding hydrogens is 484 g/mol. The Balaban J connectivity index is 1.46. The molecule has 0 aliphatic carbocycles. The average Bonchev–Trinajstić information content (AvgIpc) is 3.61. The van der Waals surface area contributed by atoms with Crippen LogP contribution in [0.4, 0.5) is 0 Å². The Bertz CT molecular complexity index is 1500. The van der Waals surface area contributed by atoms with Gasteiger partial charge in [0.1, 0.15) is 5.75 Å². The normalized spacial score (nSPS) is 12.3. The number of H-pyrrole nitrogens is 1. The summed E-state index contributed by atoms with van der Waals surface area (Å²) in [6.07, 6.45) is 1.64. The fourth-order valence-corrected chi connectivity index (χ4v) is 5.39. The monoisotopic (exact) mass is 514 g/mol. The molecular formula is C28H30N6O2S. The van der Waals surface area contributed by atoms with Crippen molar-refractivity contribution in [1.82, 2.24) is 30.1 Å². The summed E-state index contributed by atoms with van der Waals surface area (Å²) < 4.78 is 7.29. The molecule has 1 unspecified atom stereocenters. The zero-order valence-electron chi connectivity index (χ0n) is 21.0. The summed E-state index contributed by atoms with van der Waals surface area (Å²) in [5, 5.41) is 15.8. The standard InChI is InChI=1S/C28H30N6O2S/c1-3-26(27-30-31-32-34(27)14-13-20-8-5-4-6-9-20)33(19-24-10-7-15-37-24)18-22-16-21-17-23(36-2)11-12-25(21)29-28(22)35/h4-12,15-17,26H,3,13-14,18-19H2,1-2H3,(H,29,35). The Kier molecular flexibility index (Phi) is 7.72. The van der Waals surface area contributed by atoms with Crippen molar-refractivity contribution in [3.63, 3.8) is 0 Å². The van der Waals surface area contributed by atoms with Crippen molar-refractivity contribution in [2.24, 2.45) is 0 Å². The van der Waals surface area contributed by atoms with Gasteiger partial charge in [-0.2, -0.15) is 0 Å². The van der Waals surface area contributed by atoms with E-state index in [9.17, 15) is 4.79 Å². The van der Waals surface area contributed by atoms with Gasteiger partial charge in [0, 0.05) is 41.0 Å². The van der Waals surface area contributed by atoms with Crippen LogP contribution in [0.2, 0.25) is 0 Å². The van der Waals surface area contributed by atoms with Gasteiger partial charge >= 0.3 is 0 Å². The maximum atomic E-state index is 13.1. The number of ether oxygens (including phenoxy) is 1. The van der Waals surface area contributed by atoms with Gasteiger partial charge in [-0.1, -0.05) is 43.3 Å². The van der Waals surface area contributed by atoms with Crippen LogP contribution in [-0.4, -0.2) is 37.2 Å². The molecule has 0 amide bonds. The summed E-state index contributed by atoms with van der Waals surface area (Å²) in [5.41, 5.74) is 2.63. The number of nitrogens with zero attached hydrogens (tertiary/aromatic N) is 5. The lowest BCUT2D eigenvalue weighted by molar-refractivity contribution is 0.162. The fourth-order valence-electron chi connectivity index (χ4n) is 4.67. The van der Waals surface area contributed by atoms with Crippen LogP contribution in [-0.2, 0) is 26.1 Å². The molecule has 0 aliphatic heterocycles. The van der Waals surface area contributed by atoms with Crippen LogP contribution in [0.25, 0.3) is 10.9 Å². The van der Waals surface area contributed by atoms with Crippen molar-refractivity contribution in [2.75, 3.05) is 7.11 Å². The number of pyridine rings is 1. The van der Waals surface area contributed by atoms with Crippen molar-refractivity contribution < 1.29 is 4.74 Å². The SMILES string of the molecule is CCC(c1nnnn1CCc1ccccc1)N(Cc1cccs1)Cc1cc2cc(OC)ccc2[nH]c1=O. The van der Waals surface area contributed by atoms with Gasteiger partial charge in [0.25, 0.3) is 5.56 Å². The largest absolute Gasteiger partial charge is 0.497 e. The second-order valence-electron chi connectivity index (χ2n) is 8.98. The first-order valence-corrected chi connectivity index (χ1v) is 13.3. The van der Waals surface area contributed by atoms with Crippen LogP contribution in [0.5, 0.6) is 5.75 Å². The Hall–Kier alpha value is -3.82. The van der Waals surface area contributed by atoms with E-state index in [4.69, 9.17) is 4.74 Å². The van der Waals surface area contributed by atoms with Crippen LogP contribution < -0.4 is 10.3 Å². The molecule has 3 aromatic heterocycles. The Morgan fingerprint density at radius 3 is 2.70 bits per heavy atom. The number of rotatable bonds is 11. The molecule has 0 aliphatic rings. The highest BCUT2D eigenvalue weighted by Crippen LogP contribution is 2.28. The third-order valence-electron chi connectivity index (χ3n) is 6.58. The molecule has 190 valence electrons. The maximum absolute atomic E-state index is 13.1. The van der Waals surface area contributed by atoms with Gasteiger partial charge in [0.15, 0.2) is 5.82 Å². The Morgan fingerprint density at radius 2 is 1.95 bits per heavy atom. The summed E-state index contributed by atoms with van der Waals surface area (Å²) in [6, 6.07) is 22.1. The number of thiophene rings is 1. The minimum atomic E-state index is -0.0904. The van der Waals surface area contributed by atoms with E-state index in [0.29, 0.717) is 25.2 Å². The summed E-state index contributed by atoms with van der Waals surface area (Å²) in [4.78, 5) is 19.6. The van der Waals surface area contributed by atoms with E-state index in [1.807, 2.05) is 47.1 Å². The van der Waals surface area contributed by atoms with Crippen LogP contribution >= 0.6 is 11.3 Å². The number of aryl methyl sites for hydroxylation is 2. The molecule has 1 N–H and O–H groups in total. The Morgan fingerprint density at radius 1 is 1.08 bits per heavy atom. The number of hydrogen-bond donors (Lipinski definition) is 1. The van der Waals surface area contributed by atoms with E-state index in [2.05, 4.69) is 62.0 Å². The molecule has 0 spiro atoms. The summed E-state index contributed by atoms with van der Waals surface area (Å²) in [6.45, 7) is 3.98. The van der Waals surface area contributed by atoms with Gasteiger partial charge in [-0.05, 0) is 64.5 Å². The fraction of sp³-hybridized carbons (Fsp3) is 0.286. The average molecular weight is 515 g/mol. The van der Waals surface area contributed by atoms with Crippen LogP contribution in [0.3, 0.4) is 0 Å². The highest BCUT2D eigenvalue weighted by Gasteiger charge is 2.26. The van der Waals surface area contributed by atoms with Gasteiger partial charge in [-0.15, -0.1) is 16.4 Å². The van der Waals surface area contributed by atoms with Crippen molar-refractivity contribution in [3.8, 4) is 5.75 Å². The molecule has 5 aromatic rings. The number of fused-ring (bicyclic) bond motifs is 1. The molecule has 5 rings (SSSR count).